The molecule has 0 spiro atoms. The van der Waals surface area contributed by atoms with Gasteiger partial charge < -0.3 is 4.74 Å². The number of nitrogens with zero attached hydrogens (tertiary/aromatic N) is 1. The van der Waals surface area contributed by atoms with Gasteiger partial charge in [-0.25, -0.2) is 5.84 Å². The molecule has 5 nitrogen and oxygen atoms in total. The van der Waals surface area contributed by atoms with Gasteiger partial charge in [-0.05, 0) is 55.1 Å². The average Bonchev–Trinajstić information content (AvgIpc) is 2.82. The lowest BCUT2D eigenvalue weighted by Crippen LogP contribution is -2.46. The van der Waals surface area contributed by atoms with E-state index in [1.54, 1.807) is 18.9 Å². The molecule has 0 bridgehead atoms. The molecule has 3 rings (SSSR count). The molecular weight excluding hydrogens is 408 g/mol. The number of methoxy groups -OCH3 is 1. The zero-order valence-electron chi connectivity index (χ0n) is 18.9. The maximum Gasteiger partial charge on any atom is 0.248 e. The largest absolute Gasteiger partial charge is 0.497 e. The molecule has 0 radical (unpaired) electrons. The minimum absolute atomic E-state index is 0.0207. The van der Waals surface area contributed by atoms with Crippen LogP contribution < -0.4 is 10.6 Å². The van der Waals surface area contributed by atoms with Crippen molar-refractivity contribution in [2.24, 2.45) is 23.6 Å². The summed E-state index contributed by atoms with van der Waals surface area (Å²) >= 11 is 1.78. The number of nitrogens with two attached hydrogens (primary N) is 1. The molecule has 172 valence electrons. The predicted molar refractivity (Wildman–Crippen MR) is 127 cm³/mol. The number of ketones is 1. The standard InChI is InChI=1S/C25H38N2O3S/c1-30-22-14-12-19(13-15-22)16-27(26)25(29)23(24(28)21-10-6-3-7-11-21)18-31-17-20-8-4-2-5-9-20/h12-15,20-21,23H,2-11,16-18,26H2,1H3/t23-/m1/s1. The van der Waals surface area contributed by atoms with Crippen molar-refractivity contribution in [2.75, 3.05) is 18.6 Å². The molecule has 1 amide bonds. The van der Waals surface area contributed by atoms with Gasteiger partial charge in [0, 0.05) is 11.7 Å². The second-order valence-electron chi connectivity index (χ2n) is 9.15. The van der Waals surface area contributed by atoms with E-state index in [9.17, 15) is 9.59 Å². The number of hydrazine groups is 1. The Labute approximate surface area is 191 Å². The van der Waals surface area contributed by atoms with E-state index in [4.69, 9.17) is 10.6 Å². The van der Waals surface area contributed by atoms with Gasteiger partial charge >= 0.3 is 0 Å². The summed E-state index contributed by atoms with van der Waals surface area (Å²) in [7, 11) is 1.63. The van der Waals surface area contributed by atoms with E-state index in [1.165, 1.54) is 43.5 Å². The minimum atomic E-state index is -0.625. The Balaban J connectivity index is 1.62. The van der Waals surface area contributed by atoms with Crippen molar-refractivity contribution in [1.82, 2.24) is 5.01 Å². The number of hydrogen-bond donors (Lipinski definition) is 1. The van der Waals surface area contributed by atoms with Crippen molar-refractivity contribution in [3.8, 4) is 5.75 Å². The Kier molecular flexibility index (Phi) is 9.72. The Hall–Kier alpha value is -1.53. The number of amides is 1. The third kappa shape index (κ3) is 7.25. The van der Waals surface area contributed by atoms with Gasteiger partial charge in [-0.2, -0.15) is 11.8 Å². The summed E-state index contributed by atoms with van der Waals surface area (Å²) in [4.78, 5) is 26.6. The van der Waals surface area contributed by atoms with Crippen molar-refractivity contribution >= 4 is 23.5 Å². The molecule has 0 aromatic heterocycles. The molecule has 1 aromatic carbocycles. The van der Waals surface area contributed by atoms with E-state index in [0.29, 0.717) is 12.3 Å². The first-order valence-corrected chi connectivity index (χ1v) is 13.0. The molecule has 1 aromatic rings. The van der Waals surface area contributed by atoms with E-state index in [2.05, 4.69) is 0 Å². The summed E-state index contributed by atoms with van der Waals surface area (Å²) < 4.78 is 5.19. The van der Waals surface area contributed by atoms with Crippen LogP contribution in [0.4, 0.5) is 0 Å². The van der Waals surface area contributed by atoms with E-state index < -0.39 is 5.92 Å². The summed E-state index contributed by atoms with van der Waals surface area (Å²) in [6.45, 7) is 0.296. The van der Waals surface area contributed by atoms with Gasteiger partial charge in [0.2, 0.25) is 5.91 Å². The van der Waals surface area contributed by atoms with Crippen LogP contribution in [-0.2, 0) is 16.1 Å². The van der Waals surface area contributed by atoms with Crippen LogP contribution in [-0.4, -0.2) is 35.3 Å². The van der Waals surface area contributed by atoms with Crippen molar-refractivity contribution in [3.63, 3.8) is 0 Å². The Bertz CT molecular complexity index is 697. The highest BCUT2D eigenvalue weighted by atomic mass is 32.2. The van der Waals surface area contributed by atoms with Crippen LogP contribution in [0.2, 0.25) is 0 Å². The molecule has 6 heteroatoms. The first-order valence-electron chi connectivity index (χ1n) is 11.9. The predicted octanol–water partition coefficient (Wildman–Crippen LogP) is 4.98. The fourth-order valence-corrected chi connectivity index (χ4v) is 6.20. The third-order valence-electron chi connectivity index (χ3n) is 6.81. The van der Waals surface area contributed by atoms with Crippen LogP contribution in [0.1, 0.15) is 69.8 Å². The first kappa shape index (κ1) is 24.1. The fourth-order valence-electron chi connectivity index (χ4n) is 4.86. The zero-order chi connectivity index (χ0) is 22.1. The SMILES string of the molecule is COc1ccc(CN(N)C(=O)[C@H](CSCC2CCCCC2)C(=O)C2CCCCC2)cc1. The van der Waals surface area contributed by atoms with Crippen molar-refractivity contribution in [3.05, 3.63) is 29.8 Å². The molecule has 2 fully saturated rings. The highest BCUT2D eigenvalue weighted by Gasteiger charge is 2.35. The number of carbonyl (C=O) groups excluding carboxylic acids is 2. The molecule has 2 aliphatic rings. The molecule has 2 N–H and O–H groups in total. The maximum absolute atomic E-state index is 13.3. The summed E-state index contributed by atoms with van der Waals surface area (Å²) in [6, 6.07) is 7.53. The lowest BCUT2D eigenvalue weighted by atomic mass is 9.82. The van der Waals surface area contributed by atoms with Crippen LogP contribution in [0.25, 0.3) is 0 Å². The molecule has 0 aliphatic heterocycles. The fraction of sp³-hybridized carbons (Fsp3) is 0.680. The highest BCUT2D eigenvalue weighted by molar-refractivity contribution is 7.99. The second-order valence-corrected chi connectivity index (χ2v) is 10.2. The third-order valence-corrected chi connectivity index (χ3v) is 8.08. The van der Waals surface area contributed by atoms with Gasteiger partial charge in [-0.1, -0.05) is 50.7 Å². The quantitative estimate of drug-likeness (QED) is 0.238. The number of rotatable bonds is 10. The topological polar surface area (TPSA) is 72.6 Å². The van der Waals surface area contributed by atoms with E-state index in [0.717, 1.165) is 48.7 Å². The molecular formula is C25H38N2O3S. The lowest BCUT2D eigenvalue weighted by molar-refractivity contribution is -0.143. The van der Waals surface area contributed by atoms with Crippen LogP contribution in [0.3, 0.4) is 0 Å². The van der Waals surface area contributed by atoms with Crippen LogP contribution in [0.5, 0.6) is 5.75 Å². The Morgan fingerprint density at radius 2 is 1.65 bits per heavy atom. The molecule has 1 atom stereocenters. The highest BCUT2D eigenvalue weighted by Crippen LogP contribution is 2.31. The van der Waals surface area contributed by atoms with E-state index in [-0.39, 0.29) is 17.6 Å². The Morgan fingerprint density at radius 1 is 1.03 bits per heavy atom. The first-order chi connectivity index (χ1) is 15.1. The van der Waals surface area contributed by atoms with Crippen molar-refractivity contribution < 1.29 is 14.3 Å². The second kappa shape index (κ2) is 12.5. The van der Waals surface area contributed by atoms with Gasteiger partial charge in [0.1, 0.15) is 17.5 Å². The van der Waals surface area contributed by atoms with E-state index >= 15 is 0 Å². The summed E-state index contributed by atoms with van der Waals surface area (Å²) in [5.74, 6) is 8.57. The van der Waals surface area contributed by atoms with Crippen LogP contribution in [0, 0.1) is 17.8 Å². The minimum Gasteiger partial charge on any atom is -0.497 e. The number of thioether (sulfide) groups is 1. The number of benzene rings is 1. The number of carbonyl (C=O) groups is 2. The molecule has 2 aliphatic carbocycles. The number of hydrogen-bond acceptors (Lipinski definition) is 5. The maximum atomic E-state index is 13.3. The van der Waals surface area contributed by atoms with Crippen LogP contribution >= 0.6 is 11.8 Å². The molecule has 31 heavy (non-hydrogen) atoms. The van der Waals surface area contributed by atoms with Gasteiger partial charge in [-0.15, -0.1) is 0 Å². The summed E-state index contributed by atoms with van der Waals surface area (Å²) in [5.41, 5.74) is 0.926. The van der Waals surface area contributed by atoms with Gasteiger partial charge in [0.05, 0.1) is 13.7 Å². The molecule has 2 saturated carbocycles. The van der Waals surface area contributed by atoms with Gasteiger partial charge in [0.25, 0.3) is 0 Å². The summed E-state index contributed by atoms with van der Waals surface area (Å²) in [6.07, 6.45) is 11.7. The molecule has 0 heterocycles. The number of ether oxygens (including phenoxy) is 1. The van der Waals surface area contributed by atoms with Gasteiger partial charge in [0.15, 0.2) is 0 Å². The average molecular weight is 447 g/mol. The smallest absolute Gasteiger partial charge is 0.248 e. The van der Waals surface area contributed by atoms with Crippen molar-refractivity contribution in [1.29, 1.82) is 0 Å². The van der Waals surface area contributed by atoms with Gasteiger partial charge in [-0.3, -0.25) is 14.6 Å². The molecule has 0 unspecified atom stereocenters. The van der Waals surface area contributed by atoms with Crippen LogP contribution in [0.15, 0.2) is 24.3 Å². The zero-order valence-corrected chi connectivity index (χ0v) is 19.7. The normalized spacial score (nSPS) is 19.0. The Morgan fingerprint density at radius 3 is 2.26 bits per heavy atom. The lowest BCUT2D eigenvalue weighted by Gasteiger charge is -2.28. The van der Waals surface area contributed by atoms with Crippen molar-refractivity contribution in [2.45, 2.75) is 70.8 Å². The number of Topliss-reactive ketones (excluding diaryl/α,β-unsaturated/α-hetero) is 1. The summed E-state index contributed by atoms with van der Waals surface area (Å²) in [5, 5.41) is 1.24. The van der Waals surface area contributed by atoms with E-state index in [1.807, 2.05) is 24.3 Å². The monoisotopic (exact) mass is 446 g/mol. The molecule has 0 saturated heterocycles.